The lowest BCUT2D eigenvalue weighted by Crippen LogP contribution is -2.09. The number of hydrogen-bond donors (Lipinski definition) is 0. The second-order valence-corrected chi connectivity index (χ2v) is 6.38. The van der Waals surface area contributed by atoms with E-state index in [4.69, 9.17) is 27.9 Å². The minimum absolute atomic E-state index is 0.138. The van der Waals surface area contributed by atoms with E-state index in [-0.39, 0.29) is 18.1 Å². The second-order valence-electron chi connectivity index (χ2n) is 5.53. The van der Waals surface area contributed by atoms with Crippen LogP contribution in [0.4, 0.5) is 13.2 Å². The molecule has 0 aliphatic rings. The average Bonchev–Trinajstić information content (AvgIpc) is 2.92. The van der Waals surface area contributed by atoms with Crippen LogP contribution in [0.25, 0.3) is 5.69 Å². The predicted molar refractivity (Wildman–Crippen MR) is 94.1 cm³/mol. The zero-order valence-corrected chi connectivity index (χ0v) is 15.0. The number of nitrogens with zero attached hydrogens (tertiary/aromatic N) is 2. The monoisotopic (exact) mass is 400 g/mol. The molecule has 3 aromatic rings. The Bertz CT molecular complexity index is 924. The van der Waals surface area contributed by atoms with Crippen molar-refractivity contribution in [2.24, 2.45) is 0 Å². The molecule has 0 amide bonds. The SMILES string of the molecule is Cc1c(OCc2ccc(Cl)cc2Cl)c(C(F)(F)F)nn1-c1ccccc1. The summed E-state index contributed by atoms with van der Waals surface area (Å²) in [5.41, 5.74) is 0.198. The predicted octanol–water partition coefficient (Wildman–Crippen LogP) is 6.09. The number of ether oxygens (including phenoxy) is 1. The van der Waals surface area contributed by atoms with Crippen molar-refractivity contribution in [2.45, 2.75) is 19.7 Å². The molecule has 1 heterocycles. The van der Waals surface area contributed by atoms with E-state index < -0.39 is 11.9 Å². The highest BCUT2D eigenvalue weighted by molar-refractivity contribution is 6.35. The summed E-state index contributed by atoms with van der Waals surface area (Å²) in [7, 11) is 0. The van der Waals surface area contributed by atoms with Crippen LogP contribution >= 0.6 is 23.2 Å². The van der Waals surface area contributed by atoms with E-state index in [1.54, 1.807) is 42.5 Å². The first kappa shape index (κ1) is 18.6. The van der Waals surface area contributed by atoms with Gasteiger partial charge in [0.05, 0.1) is 11.4 Å². The van der Waals surface area contributed by atoms with E-state index in [1.165, 1.54) is 17.7 Å². The minimum Gasteiger partial charge on any atom is -0.485 e. The largest absolute Gasteiger partial charge is 0.485 e. The Kier molecular flexibility index (Phi) is 5.16. The van der Waals surface area contributed by atoms with Gasteiger partial charge in [0.15, 0.2) is 5.75 Å². The van der Waals surface area contributed by atoms with Gasteiger partial charge in [-0.25, -0.2) is 4.68 Å². The Balaban J connectivity index is 1.98. The van der Waals surface area contributed by atoms with Crippen LogP contribution in [0.15, 0.2) is 48.5 Å². The van der Waals surface area contributed by atoms with E-state index in [0.717, 1.165) is 0 Å². The molecule has 8 heteroatoms. The minimum atomic E-state index is -4.65. The molecule has 0 saturated carbocycles. The number of rotatable bonds is 4. The molecule has 1 aromatic heterocycles. The summed E-state index contributed by atoms with van der Waals surface area (Å²) in [5, 5.41) is 4.46. The lowest BCUT2D eigenvalue weighted by molar-refractivity contribution is -0.142. The lowest BCUT2D eigenvalue weighted by Gasteiger charge is -2.11. The van der Waals surface area contributed by atoms with Gasteiger partial charge < -0.3 is 4.74 Å². The lowest BCUT2D eigenvalue weighted by atomic mass is 10.2. The molecule has 136 valence electrons. The Labute approximate surface area is 157 Å². The van der Waals surface area contributed by atoms with Gasteiger partial charge in [0.1, 0.15) is 6.61 Å². The fourth-order valence-electron chi connectivity index (χ4n) is 2.46. The van der Waals surface area contributed by atoms with E-state index in [0.29, 0.717) is 21.3 Å². The molecule has 0 N–H and O–H groups in total. The summed E-state index contributed by atoms with van der Waals surface area (Å²) in [5.74, 6) is -0.327. The summed E-state index contributed by atoms with van der Waals surface area (Å²) in [4.78, 5) is 0. The molecule has 0 saturated heterocycles. The van der Waals surface area contributed by atoms with Gasteiger partial charge in [-0.2, -0.15) is 18.3 Å². The third-order valence-electron chi connectivity index (χ3n) is 3.72. The van der Waals surface area contributed by atoms with Gasteiger partial charge in [-0.3, -0.25) is 0 Å². The third kappa shape index (κ3) is 3.81. The molecule has 0 radical (unpaired) electrons. The Hall–Kier alpha value is -2.18. The second kappa shape index (κ2) is 7.21. The van der Waals surface area contributed by atoms with Crippen LogP contribution in [-0.4, -0.2) is 9.78 Å². The third-order valence-corrected chi connectivity index (χ3v) is 4.30. The molecule has 0 fully saturated rings. The van der Waals surface area contributed by atoms with Crippen LogP contribution in [0.1, 0.15) is 17.0 Å². The van der Waals surface area contributed by atoms with Crippen LogP contribution in [0.2, 0.25) is 10.0 Å². The number of benzene rings is 2. The first-order valence-corrected chi connectivity index (χ1v) is 8.32. The van der Waals surface area contributed by atoms with E-state index in [9.17, 15) is 13.2 Å². The summed E-state index contributed by atoms with van der Waals surface area (Å²) in [6.45, 7) is 1.38. The fraction of sp³-hybridized carbons (Fsp3) is 0.167. The Morgan fingerprint density at radius 2 is 1.77 bits per heavy atom. The summed E-state index contributed by atoms with van der Waals surface area (Å²) < 4.78 is 46.9. The molecule has 2 aromatic carbocycles. The van der Waals surface area contributed by atoms with Crippen LogP contribution in [-0.2, 0) is 12.8 Å². The number of para-hydroxylation sites is 1. The molecule has 0 aliphatic carbocycles. The molecule has 0 atom stereocenters. The molecule has 3 rings (SSSR count). The van der Waals surface area contributed by atoms with Crippen molar-refractivity contribution < 1.29 is 17.9 Å². The molecular weight excluding hydrogens is 388 g/mol. The Morgan fingerprint density at radius 3 is 2.38 bits per heavy atom. The Morgan fingerprint density at radius 1 is 1.08 bits per heavy atom. The van der Waals surface area contributed by atoms with Gasteiger partial charge in [0.25, 0.3) is 0 Å². The topological polar surface area (TPSA) is 27.1 Å². The standard InChI is InChI=1S/C18H13Cl2F3N2O/c1-11-16(26-10-12-7-8-13(19)9-15(12)20)17(18(21,22)23)24-25(11)14-5-3-2-4-6-14/h2-9H,10H2,1H3. The number of hydrogen-bond acceptors (Lipinski definition) is 2. The molecule has 3 nitrogen and oxygen atoms in total. The first-order chi connectivity index (χ1) is 12.3. The maximum Gasteiger partial charge on any atom is 0.438 e. The van der Waals surface area contributed by atoms with E-state index in [2.05, 4.69) is 5.10 Å². The smallest absolute Gasteiger partial charge is 0.438 e. The molecule has 0 spiro atoms. The van der Waals surface area contributed by atoms with E-state index >= 15 is 0 Å². The van der Waals surface area contributed by atoms with Crippen molar-refractivity contribution in [3.05, 3.63) is 75.5 Å². The van der Waals surface area contributed by atoms with Crippen molar-refractivity contribution in [1.82, 2.24) is 9.78 Å². The average molecular weight is 401 g/mol. The zero-order chi connectivity index (χ0) is 18.9. The van der Waals surface area contributed by atoms with Crippen molar-refractivity contribution >= 4 is 23.2 Å². The normalized spacial score (nSPS) is 11.6. The molecule has 26 heavy (non-hydrogen) atoms. The van der Waals surface area contributed by atoms with E-state index in [1.807, 2.05) is 0 Å². The zero-order valence-electron chi connectivity index (χ0n) is 13.5. The summed E-state index contributed by atoms with van der Waals surface area (Å²) in [6.07, 6.45) is -4.65. The maximum atomic E-state index is 13.4. The van der Waals surface area contributed by atoms with Crippen molar-refractivity contribution in [2.75, 3.05) is 0 Å². The van der Waals surface area contributed by atoms with Gasteiger partial charge in [0.2, 0.25) is 5.69 Å². The fourth-order valence-corrected chi connectivity index (χ4v) is 2.92. The van der Waals surface area contributed by atoms with Crippen molar-refractivity contribution in [3.63, 3.8) is 0 Å². The highest BCUT2D eigenvalue weighted by Gasteiger charge is 2.40. The van der Waals surface area contributed by atoms with Crippen LogP contribution in [0.3, 0.4) is 0 Å². The summed E-state index contributed by atoms with van der Waals surface area (Å²) in [6, 6.07) is 13.3. The maximum absolute atomic E-state index is 13.4. The molecule has 0 aliphatic heterocycles. The van der Waals surface area contributed by atoms with Gasteiger partial charge in [-0.05, 0) is 31.2 Å². The van der Waals surface area contributed by atoms with Gasteiger partial charge in [0, 0.05) is 15.6 Å². The van der Waals surface area contributed by atoms with Crippen molar-refractivity contribution in [1.29, 1.82) is 0 Å². The summed E-state index contributed by atoms with van der Waals surface area (Å²) >= 11 is 11.9. The molecule has 0 bridgehead atoms. The van der Waals surface area contributed by atoms with Crippen LogP contribution < -0.4 is 4.74 Å². The van der Waals surface area contributed by atoms with Gasteiger partial charge in [-0.1, -0.05) is 47.5 Å². The highest BCUT2D eigenvalue weighted by atomic mass is 35.5. The number of halogens is 5. The van der Waals surface area contributed by atoms with Gasteiger partial charge in [-0.15, -0.1) is 0 Å². The van der Waals surface area contributed by atoms with Gasteiger partial charge >= 0.3 is 6.18 Å². The van der Waals surface area contributed by atoms with Crippen molar-refractivity contribution in [3.8, 4) is 11.4 Å². The van der Waals surface area contributed by atoms with Crippen LogP contribution in [0, 0.1) is 6.92 Å². The quantitative estimate of drug-likeness (QED) is 0.530. The number of alkyl halides is 3. The molecule has 0 unspecified atom stereocenters. The number of aromatic nitrogens is 2. The highest BCUT2D eigenvalue weighted by Crippen LogP contribution is 2.39. The first-order valence-electron chi connectivity index (χ1n) is 7.56. The van der Waals surface area contributed by atoms with Crippen LogP contribution in [0.5, 0.6) is 5.75 Å². The molecular formula is C18H13Cl2F3N2O.